The molecule has 2 aliphatic rings. The maximum absolute atomic E-state index is 13.6. The van der Waals surface area contributed by atoms with Crippen molar-refractivity contribution in [3.05, 3.63) is 39.9 Å². The summed E-state index contributed by atoms with van der Waals surface area (Å²) in [5.74, 6) is -0.481. The van der Waals surface area contributed by atoms with Crippen LogP contribution in [-0.2, 0) is 26.7 Å². The molecule has 2 aromatic heterocycles. The molecule has 44 heavy (non-hydrogen) atoms. The number of fused-ring (bicyclic) bond motifs is 3. The molecule has 2 aliphatic heterocycles. The number of carbonyl (C=O) groups is 2. The predicted molar refractivity (Wildman–Crippen MR) is 147 cm³/mol. The fourth-order valence-corrected chi connectivity index (χ4v) is 5.10. The Morgan fingerprint density at radius 3 is 2.52 bits per heavy atom. The van der Waals surface area contributed by atoms with Crippen LogP contribution in [0.15, 0.2) is 23.3 Å². The molecule has 4 rings (SSSR count). The van der Waals surface area contributed by atoms with Crippen molar-refractivity contribution < 1.29 is 40.7 Å². The number of rotatable bonds is 10. The Morgan fingerprint density at radius 1 is 1.14 bits per heavy atom. The molecule has 2 N–H and O–H groups in total. The fourth-order valence-electron chi connectivity index (χ4n) is 5.10. The molecular weight excluding hydrogens is 600 g/mol. The van der Waals surface area contributed by atoms with Crippen molar-refractivity contribution in [1.29, 1.82) is 0 Å². The maximum Gasteiger partial charge on any atom is 0.423 e. The smallest absolute Gasteiger partial charge is 0.379 e. The highest BCUT2D eigenvalue weighted by Gasteiger charge is 2.45. The number of nitrogens with one attached hydrogen (secondary N) is 2. The molecule has 1 fully saturated rings. The number of carbonyl (C=O) groups excluding carboxylic acids is 2. The fraction of sp³-hybridized carbons (Fsp3) is 0.593. The zero-order valence-corrected chi connectivity index (χ0v) is 24.3. The first-order valence-corrected chi connectivity index (χ1v) is 14.0. The minimum Gasteiger partial charge on any atom is -0.379 e. The van der Waals surface area contributed by atoms with E-state index in [2.05, 4.69) is 15.4 Å². The van der Waals surface area contributed by atoms with Crippen molar-refractivity contribution in [1.82, 2.24) is 20.1 Å². The van der Waals surface area contributed by atoms with Crippen molar-refractivity contribution in [2.75, 3.05) is 54.5 Å². The highest BCUT2D eigenvalue weighted by molar-refractivity contribution is 6.05. The van der Waals surface area contributed by atoms with Crippen LogP contribution in [0.25, 0.3) is 0 Å². The number of aromatic nitrogens is 3. The maximum atomic E-state index is 13.6. The Labute approximate surface area is 248 Å². The Hall–Kier alpha value is -3.89. The number of halogens is 6. The molecule has 0 radical (unpaired) electrons. The topological polar surface area (TPSA) is 124 Å². The third-order valence-electron chi connectivity index (χ3n) is 7.58. The number of alkyl halides is 6. The second-order valence-electron chi connectivity index (χ2n) is 10.9. The van der Waals surface area contributed by atoms with E-state index in [1.165, 1.54) is 16.7 Å². The van der Waals surface area contributed by atoms with Gasteiger partial charge in [-0.2, -0.15) is 31.4 Å². The molecule has 0 aliphatic carbocycles. The van der Waals surface area contributed by atoms with Gasteiger partial charge in [-0.3, -0.25) is 14.4 Å². The van der Waals surface area contributed by atoms with Gasteiger partial charge in [0.05, 0.1) is 49.3 Å². The van der Waals surface area contributed by atoms with Crippen molar-refractivity contribution in [2.45, 2.75) is 58.0 Å². The summed E-state index contributed by atoms with van der Waals surface area (Å²) in [5, 5.41) is 7.70. The Balaban J connectivity index is 1.37. The summed E-state index contributed by atoms with van der Waals surface area (Å²) in [4.78, 5) is 46.8. The first-order chi connectivity index (χ1) is 20.6. The molecule has 0 aromatic carbocycles. The number of amides is 2. The van der Waals surface area contributed by atoms with Crippen molar-refractivity contribution in [3.8, 4) is 0 Å². The summed E-state index contributed by atoms with van der Waals surface area (Å²) in [6, 6.07) is -0.552. The van der Waals surface area contributed by atoms with Crippen LogP contribution in [0.3, 0.4) is 0 Å². The van der Waals surface area contributed by atoms with E-state index >= 15 is 0 Å². The number of ether oxygens (including phenoxy) is 1. The molecule has 2 amide bonds. The largest absolute Gasteiger partial charge is 0.423 e. The average Bonchev–Trinajstić information content (AvgIpc) is 2.95. The van der Waals surface area contributed by atoms with E-state index in [4.69, 9.17) is 4.74 Å². The summed E-state index contributed by atoms with van der Waals surface area (Å²) in [5.41, 5.74) is -4.16. The van der Waals surface area contributed by atoms with Crippen LogP contribution in [0.5, 0.6) is 0 Å². The molecule has 0 spiro atoms. The Morgan fingerprint density at radius 2 is 1.86 bits per heavy atom. The number of nitrogens with zero attached hydrogens (tertiary/aromatic N) is 5. The molecule has 242 valence electrons. The van der Waals surface area contributed by atoms with E-state index in [1.54, 1.807) is 10.00 Å². The lowest BCUT2D eigenvalue weighted by Crippen LogP contribution is -2.64. The van der Waals surface area contributed by atoms with Crippen LogP contribution in [0.1, 0.15) is 44.7 Å². The molecule has 4 heterocycles. The number of hydrogen-bond acceptors (Lipinski definition) is 8. The summed E-state index contributed by atoms with van der Waals surface area (Å²) >= 11 is 0. The molecule has 17 heteroatoms. The second-order valence-corrected chi connectivity index (χ2v) is 10.9. The first kappa shape index (κ1) is 33.0. The molecule has 0 bridgehead atoms. The highest BCUT2D eigenvalue weighted by Crippen LogP contribution is 2.40. The van der Waals surface area contributed by atoms with Gasteiger partial charge in [-0.25, -0.2) is 10.1 Å². The van der Waals surface area contributed by atoms with Gasteiger partial charge in [0.15, 0.2) is 5.82 Å². The molecule has 3 atom stereocenters. The summed E-state index contributed by atoms with van der Waals surface area (Å²) < 4.78 is 85.6. The van der Waals surface area contributed by atoms with E-state index < -0.39 is 52.7 Å². The van der Waals surface area contributed by atoms with Gasteiger partial charge >= 0.3 is 12.4 Å². The lowest BCUT2D eigenvalue weighted by molar-refractivity contribution is -0.138. The molecule has 2 aromatic rings. The van der Waals surface area contributed by atoms with E-state index in [-0.39, 0.29) is 69.1 Å². The van der Waals surface area contributed by atoms with Gasteiger partial charge in [-0.1, -0.05) is 20.3 Å². The molecule has 0 saturated carbocycles. The number of aromatic amines is 1. The lowest BCUT2D eigenvalue weighted by Gasteiger charge is -2.47. The van der Waals surface area contributed by atoms with Crippen LogP contribution in [-0.4, -0.2) is 83.4 Å². The minimum absolute atomic E-state index is 0.00198. The second kappa shape index (κ2) is 13.0. The Kier molecular flexibility index (Phi) is 9.75. The molecule has 1 saturated heterocycles. The third-order valence-corrected chi connectivity index (χ3v) is 7.58. The summed E-state index contributed by atoms with van der Waals surface area (Å²) in [6.07, 6.45) is -7.31. The van der Waals surface area contributed by atoms with E-state index in [0.717, 1.165) is 18.5 Å². The van der Waals surface area contributed by atoms with Crippen LogP contribution in [0, 0.1) is 5.92 Å². The third kappa shape index (κ3) is 7.25. The van der Waals surface area contributed by atoms with Crippen molar-refractivity contribution in [2.24, 2.45) is 5.92 Å². The van der Waals surface area contributed by atoms with Crippen LogP contribution < -0.4 is 20.7 Å². The van der Waals surface area contributed by atoms with Gasteiger partial charge in [0.1, 0.15) is 11.6 Å². The lowest BCUT2D eigenvalue weighted by atomic mass is 10.0. The van der Waals surface area contributed by atoms with Crippen LogP contribution in [0.2, 0.25) is 0 Å². The van der Waals surface area contributed by atoms with E-state index in [0.29, 0.717) is 6.42 Å². The monoisotopic (exact) mass is 633 g/mol. The van der Waals surface area contributed by atoms with Gasteiger partial charge in [-0.05, 0) is 18.9 Å². The highest BCUT2D eigenvalue weighted by atomic mass is 19.4. The normalized spacial score (nSPS) is 18.5. The van der Waals surface area contributed by atoms with E-state index in [9.17, 15) is 40.7 Å². The standard InChI is InChI=1S/C27H33F6N7O4/c1-4-15(2)12-40-19-9-17(26(28,29)30)10-34-23(19)39-7-6-38(13-20(39)25(40)43)21(41)5-8-44-14-16(3)36-18-11-35-37-24(42)22(18)27(31,32)33/h9-11,15-16,20H,4-8,12-14H2,1-3H3,(H2,36,37,42)/t15-,16+,20+/m1/s1. The molecule has 11 nitrogen and oxygen atoms in total. The van der Waals surface area contributed by atoms with Crippen molar-refractivity contribution in [3.63, 3.8) is 0 Å². The van der Waals surface area contributed by atoms with Gasteiger partial charge in [0, 0.05) is 31.9 Å². The molecule has 0 unspecified atom stereocenters. The van der Waals surface area contributed by atoms with Crippen LogP contribution >= 0.6 is 0 Å². The first-order valence-electron chi connectivity index (χ1n) is 14.0. The van der Waals surface area contributed by atoms with Gasteiger partial charge in [0.25, 0.3) is 11.5 Å². The number of hydrogen-bond donors (Lipinski definition) is 2. The van der Waals surface area contributed by atoms with Gasteiger partial charge < -0.3 is 24.8 Å². The SMILES string of the molecule is CC[C@@H](C)CN1C(=O)[C@@H]2CN(C(=O)CCOC[C@H](C)Nc3cn[nH]c(=O)c3C(F)(F)F)CCN2c2ncc(C(F)(F)F)cc21. The predicted octanol–water partition coefficient (Wildman–Crippen LogP) is 3.52. The minimum atomic E-state index is -4.90. The van der Waals surface area contributed by atoms with Crippen molar-refractivity contribution >= 4 is 29.0 Å². The summed E-state index contributed by atoms with van der Waals surface area (Å²) in [7, 11) is 0. The zero-order chi connectivity index (χ0) is 32.4. The zero-order valence-electron chi connectivity index (χ0n) is 24.3. The summed E-state index contributed by atoms with van der Waals surface area (Å²) in [6.45, 7) is 5.77. The molecular formula is C27H33F6N7O4. The van der Waals surface area contributed by atoms with Crippen LogP contribution in [0.4, 0.5) is 43.5 Å². The van der Waals surface area contributed by atoms with Gasteiger partial charge in [-0.15, -0.1) is 0 Å². The Bertz CT molecular complexity index is 1420. The number of pyridine rings is 1. The van der Waals surface area contributed by atoms with E-state index in [1.807, 2.05) is 13.8 Å². The number of H-pyrrole nitrogens is 1. The quantitative estimate of drug-likeness (QED) is 0.301. The average molecular weight is 634 g/mol. The number of anilines is 3. The number of piperazine rings is 1. The van der Waals surface area contributed by atoms with Gasteiger partial charge in [0.2, 0.25) is 5.91 Å².